The van der Waals surface area contributed by atoms with E-state index in [2.05, 4.69) is 15.3 Å². The molecule has 1 aromatic rings. The first-order valence-electron chi connectivity index (χ1n) is 5.92. The van der Waals surface area contributed by atoms with Crippen LogP contribution < -0.4 is 10.1 Å². The third-order valence-corrected chi connectivity index (χ3v) is 2.84. The molecule has 0 unspecified atom stereocenters. The number of rotatable bonds is 6. The Hall–Kier alpha value is -2.47. The van der Waals surface area contributed by atoms with Gasteiger partial charge in [-0.15, -0.1) is 0 Å². The highest BCUT2D eigenvalue weighted by Gasteiger charge is 2.25. The van der Waals surface area contributed by atoms with E-state index in [1.807, 2.05) is 0 Å². The molecule has 0 atom stereocenters. The molecule has 1 aromatic carbocycles. The Morgan fingerprint density at radius 2 is 2.42 bits per heavy atom. The average molecular weight is 263 g/mol. The van der Waals surface area contributed by atoms with Crippen molar-refractivity contribution < 1.29 is 9.66 Å². The summed E-state index contributed by atoms with van der Waals surface area (Å²) in [4.78, 5) is 13.1. The molecule has 19 heavy (non-hydrogen) atoms. The minimum Gasteiger partial charge on any atom is -0.493 e. The molecule has 0 aromatic heterocycles. The van der Waals surface area contributed by atoms with Gasteiger partial charge in [0, 0.05) is 29.6 Å². The van der Waals surface area contributed by atoms with E-state index in [1.165, 1.54) is 6.07 Å². The predicted molar refractivity (Wildman–Crippen MR) is 69.4 cm³/mol. The molecule has 1 N–H and O–H groups in total. The van der Waals surface area contributed by atoms with Gasteiger partial charge in [0.25, 0.3) is 5.69 Å². The van der Waals surface area contributed by atoms with Gasteiger partial charge < -0.3 is 10.1 Å². The van der Waals surface area contributed by atoms with Crippen molar-refractivity contribution >= 4 is 11.4 Å². The SMILES string of the molecule is [N-]=[N+]=NCCCOc1ccc([N+](=O)[O-])c2c1CCN2. The van der Waals surface area contributed by atoms with Crippen molar-refractivity contribution in [2.75, 3.05) is 25.0 Å². The quantitative estimate of drug-likeness (QED) is 0.212. The van der Waals surface area contributed by atoms with Gasteiger partial charge in [-0.05, 0) is 24.4 Å². The van der Waals surface area contributed by atoms with Crippen LogP contribution in [0.2, 0.25) is 0 Å². The van der Waals surface area contributed by atoms with Gasteiger partial charge >= 0.3 is 0 Å². The summed E-state index contributed by atoms with van der Waals surface area (Å²) in [7, 11) is 0. The summed E-state index contributed by atoms with van der Waals surface area (Å²) >= 11 is 0. The second-order valence-electron chi connectivity index (χ2n) is 4.03. The van der Waals surface area contributed by atoms with Crippen LogP contribution in [0.4, 0.5) is 11.4 Å². The number of azide groups is 1. The van der Waals surface area contributed by atoms with Gasteiger partial charge in [0.15, 0.2) is 0 Å². The molecule has 0 saturated carbocycles. The lowest BCUT2D eigenvalue weighted by atomic mass is 10.1. The Morgan fingerprint density at radius 1 is 1.58 bits per heavy atom. The van der Waals surface area contributed by atoms with E-state index in [0.717, 1.165) is 5.56 Å². The lowest BCUT2D eigenvalue weighted by Gasteiger charge is -2.10. The number of nitro benzene ring substituents is 1. The molecule has 2 rings (SSSR count). The average Bonchev–Trinajstić information content (AvgIpc) is 2.87. The van der Waals surface area contributed by atoms with E-state index in [-0.39, 0.29) is 5.69 Å². The van der Waals surface area contributed by atoms with Crippen molar-refractivity contribution in [3.05, 3.63) is 38.3 Å². The van der Waals surface area contributed by atoms with Crippen molar-refractivity contribution in [1.29, 1.82) is 0 Å². The fourth-order valence-electron chi connectivity index (χ4n) is 2.02. The standard InChI is InChI=1S/C11H13N5O3/c12-15-14-5-1-7-19-10-3-2-9(16(17)18)11-8(10)4-6-13-11/h2-3,13H,1,4-7H2. The molecule has 0 radical (unpaired) electrons. The first-order chi connectivity index (χ1) is 9.24. The van der Waals surface area contributed by atoms with Crippen LogP contribution in [-0.4, -0.2) is 24.6 Å². The maximum Gasteiger partial charge on any atom is 0.292 e. The molecule has 1 aliphatic rings. The predicted octanol–water partition coefficient (Wildman–Crippen LogP) is 2.64. The number of ether oxygens (including phenoxy) is 1. The molecule has 1 heterocycles. The zero-order valence-corrected chi connectivity index (χ0v) is 10.2. The summed E-state index contributed by atoms with van der Waals surface area (Å²) in [5, 5.41) is 17.3. The number of nitrogens with zero attached hydrogens (tertiary/aromatic N) is 4. The maximum absolute atomic E-state index is 10.9. The number of hydrogen-bond acceptors (Lipinski definition) is 5. The highest BCUT2D eigenvalue weighted by atomic mass is 16.6. The molecule has 100 valence electrons. The highest BCUT2D eigenvalue weighted by Crippen LogP contribution is 2.38. The molecule has 0 fully saturated rings. The minimum atomic E-state index is -0.400. The topological polar surface area (TPSA) is 113 Å². The van der Waals surface area contributed by atoms with Crippen molar-refractivity contribution in [3.63, 3.8) is 0 Å². The monoisotopic (exact) mass is 263 g/mol. The molecule has 8 heteroatoms. The third-order valence-electron chi connectivity index (χ3n) is 2.84. The maximum atomic E-state index is 10.9. The fourth-order valence-corrected chi connectivity index (χ4v) is 2.02. The van der Waals surface area contributed by atoms with Crippen molar-refractivity contribution in [2.45, 2.75) is 12.8 Å². The summed E-state index contributed by atoms with van der Waals surface area (Å²) in [6, 6.07) is 3.07. The van der Waals surface area contributed by atoms with Gasteiger partial charge in [0.1, 0.15) is 11.4 Å². The minimum absolute atomic E-state index is 0.0777. The Bertz CT molecular complexity index is 539. The first kappa shape index (κ1) is 13.0. The van der Waals surface area contributed by atoms with Crippen LogP contribution in [-0.2, 0) is 6.42 Å². The van der Waals surface area contributed by atoms with Crippen LogP contribution in [0.3, 0.4) is 0 Å². The van der Waals surface area contributed by atoms with E-state index in [9.17, 15) is 10.1 Å². The summed E-state index contributed by atoms with van der Waals surface area (Å²) in [5.41, 5.74) is 9.61. The highest BCUT2D eigenvalue weighted by molar-refractivity contribution is 5.72. The Labute approximate surface area is 109 Å². The van der Waals surface area contributed by atoms with Crippen LogP contribution in [0.5, 0.6) is 5.75 Å². The van der Waals surface area contributed by atoms with Gasteiger partial charge in [0.2, 0.25) is 0 Å². The van der Waals surface area contributed by atoms with Crippen LogP contribution >= 0.6 is 0 Å². The van der Waals surface area contributed by atoms with Gasteiger partial charge in [-0.1, -0.05) is 5.11 Å². The lowest BCUT2D eigenvalue weighted by Crippen LogP contribution is -2.02. The fraction of sp³-hybridized carbons (Fsp3) is 0.455. The summed E-state index contributed by atoms with van der Waals surface area (Å²) < 4.78 is 5.58. The number of fused-ring (bicyclic) bond motifs is 1. The Balaban J connectivity index is 2.08. The van der Waals surface area contributed by atoms with E-state index in [1.54, 1.807) is 6.07 Å². The van der Waals surface area contributed by atoms with E-state index < -0.39 is 4.92 Å². The van der Waals surface area contributed by atoms with Crippen LogP contribution in [0.15, 0.2) is 17.2 Å². The largest absolute Gasteiger partial charge is 0.493 e. The van der Waals surface area contributed by atoms with Crippen molar-refractivity contribution in [2.24, 2.45) is 5.11 Å². The second kappa shape index (κ2) is 5.92. The first-order valence-corrected chi connectivity index (χ1v) is 5.92. The number of nitrogens with one attached hydrogen (secondary N) is 1. The zero-order valence-electron chi connectivity index (χ0n) is 10.2. The Morgan fingerprint density at radius 3 is 3.16 bits per heavy atom. The van der Waals surface area contributed by atoms with E-state index in [0.29, 0.717) is 44.0 Å². The molecular formula is C11H13N5O3. The number of anilines is 1. The molecule has 0 spiro atoms. The van der Waals surface area contributed by atoms with E-state index in [4.69, 9.17) is 10.3 Å². The summed E-state index contributed by atoms with van der Waals surface area (Å²) in [5.74, 6) is 0.659. The summed E-state index contributed by atoms with van der Waals surface area (Å²) in [6.45, 7) is 1.47. The van der Waals surface area contributed by atoms with Gasteiger partial charge in [-0.2, -0.15) is 0 Å². The molecule has 0 bridgehead atoms. The van der Waals surface area contributed by atoms with Crippen molar-refractivity contribution in [1.82, 2.24) is 0 Å². The van der Waals surface area contributed by atoms with Crippen LogP contribution in [0.25, 0.3) is 10.4 Å². The number of hydrogen-bond donors (Lipinski definition) is 1. The molecule has 0 saturated heterocycles. The zero-order chi connectivity index (χ0) is 13.7. The molecule has 0 aliphatic carbocycles. The van der Waals surface area contributed by atoms with E-state index >= 15 is 0 Å². The lowest BCUT2D eigenvalue weighted by molar-refractivity contribution is -0.383. The molecule has 1 aliphatic heterocycles. The third kappa shape index (κ3) is 2.86. The molecule has 0 amide bonds. The Kier molecular flexibility index (Phi) is 4.04. The van der Waals surface area contributed by atoms with Gasteiger partial charge in [-0.25, -0.2) is 0 Å². The summed E-state index contributed by atoms with van der Waals surface area (Å²) in [6.07, 6.45) is 1.33. The molecular weight excluding hydrogens is 250 g/mol. The van der Waals surface area contributed by atoms with Gasteiger partial charge in [0.05, 0.1) is 11.5 Å². The van der Waals surface area contributed by atoms with Crippen LogP contribution in [0, 0.1) is 10.1 Å². The smallest absolute Gasteiger partial charge is 0.292 e. The normalized spacial score (nSPS) is 12.2. The van der Waals surface area contributed by atoms with Crippen LogP contribution in [0.1, 0.15) is 12.0 Å². The van der Waals surface area contributed by atoms with Crippen molar-refractivity contribution in [3.8, 4) is 5.75 Å². The van der Waals surface area contributed by atoms with Gasteiger partial charge in [-0.3, -0.25) is 10.1 Å². The number of benzene rings is 1. The molecule has 8 nitrogen and oxygen atoms in total. The number of nitro groups is 1. The second-order valence-corrected chi connectivity index (χ2v) is 4.03.